The molecule has 3 heteroatoms. The van der Waals surface area contributed by atoms with Gasteiger partial charge in [0.25, 0.3) is 0 Å². The summed E-state index contributed by atoms with van der Waals surface area (Å²) in [4.78, 5) is 2.49. The highest BCUT2D eigenvalue weighted by Gasteiger charge is 2.32. The predicted molar refractivity (Wildman–Crippen MR) is 78.5 cm³/mol. The minimum Gasteiger partial charge on any atom is -0.381 e. The van der Waals surface area contributed by atoms with Crippen LogP contribution >= 0.6 is 0 Å². The van der Waals surface area contributed by atoms with E-state index in [-0.39, 0.29) is 5.54 Å². The molecular formula is C16H24N2O. The summed E-state index contributed by atoms with van der Waals surface area (Å²) in [5.74, 6) is 0.707. The highest BCUT2D eigenvalue weighted by molar-refractivity contribution is 5.56. The summed E-state index contributed by atoms with van der Waals surface area (Å²) in [7, 11) is 0. The first-order valence-electron chi connectivity index (χ1n) is 7.36. The highest BCUT2D eigenvalue weighted by atomic mass is 16.5. The summed E-state index contributed by atoms with van der Waals surface area (Å²) in [6.45, 7) is 6.02. The maximum Gasteiger partial charge on any atom is 0.0484 e. The maximum absolute atomic E-state index is 6.57. The fourth-order valence-electron chi connectivity index (χ4n) is 3.37. The quantitative estimate of drug-likeness (QED) is 0.886. The van der Waals surface area contributed by atoms with Gasteiger partial charge in [-0.3, -0.25) is 0 Å². The molecule has 2 N–H and O–H groups in total. The average Bonchev–Trinajstić information content (AvgIpc) is 2.39. The van der Waals surface area contributed by atoms with Gasteiger partial charge in [0.15, 0.2) is 0 Å². The van der Waals surface area contributed by atoms with Crippen LogP contribution < -0.4 is 10.6 Å². The SMILES string of the molecule is CC1Cc2ccccc2N(CC2(N)CCOCC2)C1. The Morgan fingerprint density at radius 1 is 1.32 bits per heavy atom. The Morgan fingerprint density at radius 3 is 2.84 bits per heavy atom. The molecular weight excluding hydrogens is 236 g/mol. The van der Waals surface area contributed by atoms with Crippen molar-refractivity contribution in [2.45, 2.75) is 31.7 Å². The molecule has 1 fully saturated rings. The fourth-order valence-corrected chi connectivity index (χ4v) is 3.37. The molecule has 1 aromatic rings. The smallest absolute Gasteiger partial charge is 0.0484 e. The highest BCUT2D eigenvalue weighted by Crippen LogP contribution is 2.31. The Kier molecular flexibility index (Phi) is 3.50. The first-order chi connectivity index (χ1) is 9.16. The van der Waals surface area contributed by atoms with E-state index < -0.39 is 0 Å². The van der Waals surface area contributed by atoms with Crippen LogP contribution in [0.4, 0.5) is 5.69 Å². The van der Waals surface area contributed by atoms with Crippen molar-refractivity contribution >= 4 is 5.69 Å². The second kappa shape index (κ2) is 5.14. The number of para-hydroxylation sites is 1. The van der Waals surface area contributed by atoms with Crippen molar-refractivity contribution in [1.82, 2.24) is 0 Å². The van der Waals surface area contributed by atoms with Gasteiger partial charge in [-0.15, -0.1) is 0 Å². The fraction of sp³-hybridized carbons (Fsp3) is 0.625. The number of rotatable bonds is 2. The van der Waals surface area contributed by atoms with Gasteiger partial charge in [0.05, 0.1) is 0 Å². The second-order valence-electron chi connectivity index (χ2n) is 6.29. The van der Waals surface area contributed by atoms with E-state index in [0.29, 0.717) is 5.92 Å². The predicted octanol–water partition coefficient (Wildman–Crippen LogP) is 2.19. The third-order valence-electron chi connectivity index (χ3n) is 4.43. The molecule has 0 aliphatic carbocycles. The molecule has 0 saturated carbocycles. The molecule has 0 aromatic heterocycles. The number of fused-ring (bicyclic) bond motifs is 1. The molecule has 0 spiro atoms. The standard InChI is InChI=1S/C16H24N2O/c1-13-10-14-4-2-3-5-15(14)18(11-13)12-16(17)6-8-19-9-7-16/h2-5,13H,6-12,17H2,1H3. The van der Waals surface area contributed by atoms with Gasteiger partial charge in [0, 0.05) is 37.5 Å². The van der Waals surface area contributed by atoms with Crippen molar-refractivity contribution in [1.29, 1.82) is 0 Å². The van der Waals surface area contributed by atoms with Gasteiger partial charge in [-0.2, -0.15) is 0 Å². The van der Waals surface area contributed by atoms with E-state index in [4.69, 9.17) is 10.5 Å². The summed E-state index contributed by atoms with van der Waals surface area (Å²) in [6.07, 6.45) is 3.13. The summed E-state index contributed by atoms with van der Waals surface area (Å²) in [5, 5.41) is 0. The molecule has 1 unspecified atom stereocenters. The van der Waals surface area contributed by atoms with Crippen molar-refractivity contribution in [2.24, 2.45) is 11.7 Å². The number of benzene rings is 1. The van der Waals surface area contributed by atoms with Crippen LogP contribution in [0.2, 0.25) is 0 Å². The second-order valence-corrected chi connectivity index (χ2v) is 6.29. The van der Waals surface area contributed by atoms with Gasteiger partial charge in [-0.25, -0.2) is 0 Å². The number of hydrogen-bond donors (Lipinski definition) is 1. The van der Waals surface area contributed by atoms with Crippen LogP contribution in [0.3, 0.4) is 0 Å². The Hall–Kier alpha value is -1.06. The zero-order valence-electron chi connectivity index (χ0n) is 11.8. The molecule has 2 aliphatic heterocycles. The minimum atomic E-state index is -0.0809. The molecule has 0 radical (unpaired) electrons. The van der Waals surface area contributed by atoms with Crippen molar-refractivity contribution in [2.75, 3.05) is 31.2 Å². The Balaban J connectivity index is 1.81. The molecule has 0 bridgehead atoms. The molecule has 0 amide bonds. The van der Waals surface area contributed by atoms with Crippen LogP contribution in [0, 0.1) is 5.92 Å². The van der Waals surface area contributed by atoms with Gasteiger partial charge in [0.1, 0.15) is 0 Å². The Bertz CT molecular complexity index is 440. The summed E-state index contributed by atoms with van der Waals surface area (Å²) >= 11 is 0. The molecule has 1 aromatic carbocycles. The molecule has 3 rings (SSSR count). The molecule has 19 heavy (non-hydrogen) atoms. The third-order valence-corrected chi connectivity index (χ3v) is 4.43. The van der Waals surface area contributed by atoms with Gasteiger partial charge >= 0.3 is 0 Å². The van der Waals surface area contributed by atoms with E-state index in [1.807, 2.05) is 0 Å². The summed E-state index contributed by atoms with van der Waals surface area (Å²) < 4.78 is 5.45. The zero-order chi connectivity index (χ0) is 13.3. The van der Waals surface area contributed by atoms with Gasteiger partial charge in [-0.1, -0.05) is 25.1 Å². The van der Waals surface area contributed by atoms with Crippen LogP contribution in [0.1, 0.15) is 25.3 Å². The van der Waals surface area contributed by atoms with Crippen LogP contribution in [0.25, 0.3) is 0 Å². The van der Waals surface area contributed by atoms with E-state index >= 15 is 0 Å². The first kappa shape index (κ1) is 12.9. The maximum atomic E-state index is 6.57. The molecule has 2 aliphatic rings. The lowest BCUT2D eigenvalue weighted by Crippen LogP contribution is -2.55. The van der Waals surface area contributed by atoms with E-state index in [2.05, 4.69) is 36.1 Å². The monoisotopic (exact) mass is 260 g/mol. The number of anilines is 1. The van der Waals surface area contributed by atoms with Crippen molar-refractivity contribution in [3.63, 3.8) is 0 Å². The molecule has 1 saturated heterocycles. The Labute approximate surface area is 115 Å². The topological polar surface area (TPSA) is 38.5 Å². The lowest BCUT2D eigenvalue weighted by atomic mass is 9.87. The van der Waals surface area contributed by atoms with E-state index in [0.717, 1.165) is 39.1 Å². The normalized spacial score (nSPS) is 26.0. The van der Waals surface area contributed by atoms with E-state index in [1.165, 1.54) is 17.7 Å². The molecule has 2 heterocycles. The lowest BCUT2D eigenvalue weighted by molar-refractivity contribution is 0.0551. The first-order valence-corrected chi connectivity index (χ1v) is 7.36. The molecule has 3 nitrogen and oxygen atoms in total. The van der Waals surface area contributed by atoms with Crippen LogP contribution in [-0.4, -0.2) is 31.8 Å². The van der Waals surface area contributed by atoms with Gasteiger partial charge < -0.3 is 15.4 Å². The molecule has 1 atom stereocenters. The third kappa shape index (κ3) is 2.77. The van der Waals surface area contributed by atoms with Crippen molar-refractivity contribution in [3.8, 4) is 0 Å². The minimum absolute atomic E-state index is 0.0809. The lowest BCUT2D eigenvalue weighted by Gasteiger charge is -2.42. The Morgan fingerprint density at radius 2 is 2.05 bits per heavy atom. The zero-order valence-corrected chi connectivity index (χ0v) is 11.8. The van der Waals surface area contributed by atoms with Crippen molar-refractivity contribution < 1.29 is 4.74 Å². The average molecular weight is 260 g/mol. The number of hydrogen-bond acceptors (Lipinski definition) is 3. The molecule has 104 valence electrons. The number of nitrogens with two attached hydrogens (primary N) is 1. The van der Waals surface area contributed by atoms with Gasteiger partial charge in [-0.05, 0) is 36.8 Å². The van der Waals surface area contributed by atoms with Gasteiger partial charge in [0.2, 0.25) is 0 Å². The van der Waals surface area contributed by atoms with Crippen LogP contribution in [0.15, 0.2) is 24.3 Å². The van der Waals surface area contributed by atoms with E-state index in [1.54, 1.807) is 0 Å². The summed E-state index contributed by atoms with van der Waals surface area (Å²) in [6, 6.07) is 8.77. The summed E-state index contributed by atoms with van der Waals surface area (Å²) in [5.41, 5.74) is 9.35. The van der Waals surface area contributed by atoms with Crippen LogP contribution in [-0.2, 0) is 11.2 Å². The van der Waals surface area contributed by atoms with Crippen LogP contribution in [0.5, 0.6) is 0 Å². The largest absolute Gasteiger partial charge is 0.381 e. The number of ether oxygens (including phenoxy) is 1. The van der Waals surface area contributed by atoms with E-state index in [9.17, 15) is 0 Å². The van der Waals surface area contributed by atoms with Crippen molar-refractivity contribution in [3.05, 3.63) is 29.8 Å². The number of nitrogens with zero attached hydrogens (tertiary/aromatic N) is 1.